The number of nitrogens with one attached hydrogen (secondary N) is 2. The van der Waals surface area contributed by atoms with E-state index in [2.05, 4.69) is 27.8 Å². The number of aliphatic carboxylic acids is 1. The number of carbonyl (C=O) groups excluding carboxylic acids is 2. The van der Waals surface area contributed by atoms with Gasteiger partial charge >= 0.3 is 12.1 Å². The zero-order valence-corrected chi connectivity index (χ0v) is 18.2. The molecule has 0 aliphatic heterocycles. The SMILES string of the molecule is O=C(Nc1ncc(C(=O)NCC[C@H](O)C(=O)O)s1)OCC1c2ccccc2-c2ccccc21. The number of aliphatic hydroxyl groups is 1. The van der Waals surface area contributed by atoms with E-state index in [0.29, 0.717) is 0 Å². The van der Waals surface area contributed by atoms with Crippen molar-refractivity contribution in [3.8, 4) is 11.1 Å². The van der Waals surface area contributed by atoms with Crippen molar-refractivity contribution in [2.75, 3.05) is 18.5 Å². The maximum absolute atomic E-state index is 12.3. The summed E-state index contributed by atoms with van der Waals surface area (Å²) in [6.45, 7) is 0.143. The van der Waals surface area contributed by atoms with Gasteiger partial charge in [0.25, 0.3) is 5.91 Å². The minimum absolute atomic E-state index is 0.0145. The Labute approximate surface area is 193 Å². The smallest absolute Gasteiger partial charge is 0.413 e. The number of aliphatic hydroxyl groups excluding tert-OH is 1. The highest BCUT2D eigenvalue weighted by Gasteiger charge is 2.29. The molecule has 1 heterocycles. The van der Waals surface area contributed by atoms with E-state index in [9.17, 15) is 19.5 Å². The molecule has 33 heavy (non-hydrogen) atoms. The first-order chi connectivity index (χ1) is 15.9. The number of benzene rings is 2. The minimum atomic E-state index is -1.54. The van der Waals surface area contributed by atoms with Crippen LogP contribution in [0.4, 0.5) is 9.93 Å². The molecule has 1 aromatic heterocycles. The maximum Gasteiger partial charge on any atom is 0.413 e. The molecular weight excluding hydrogens is 446 g/mol. The molecular formula is C23H21N3O6S. The number of anilines is 1. The number of hydrogen-bond donors (Lipinski definition) is 4. The first-order valence-corrected chi connectivity index (χ1v) is 11.0. The lowest BCUT2D eigenvalue weighted by Gasteiger charge is -2.14. The molecule has 4 N–H and O–H groups in total. The number of fused-ring (bicyclic) bond motifs is 3. The van der Waals surface area contributed by atoms with Gasteiger partial charge in [-0.15, -0.1) is 0 Å². The van der Waals surface area contributed by atoms with E-state index >= 15 is 0 Å². The van der Waals surface area contributed by atoms with Gasteiger partial charge in [0.2, 0.25) is 0 Å². The van der Waals surface area contributed by atoms with Crippen LogP contribution in [0.25, 0.3) is 11.1 Å². The third kappa shape index (κ3) is 5.02. The Morgan fingerprint density at radius 3 is 2.33 bits per heavy atom. The second-order valence-corrected chi connectivity index (χ2v) is 8.41. The maximum atomic E-state index is 12.3. The van der Waals surface area contributed by atoms with Crippen LogP contribution in [0.5, 0.6) is 0 Å². The Morgan fingerprint density at radius 2 is 1.70 bits per heavy atom. The van der Waals surface area contributed by atoms with Gasteiger partial charge in [0.1, 0.15) is 11.5 Å². The summed E-state index contributed by atoms with van der Waals surface area (Å²) in [5.41, 5.74) is 4.47. The Morgan fingerprint density at radius 1 is 1.06 bits per heavy atom. The summed E-state index contributed by atoms with van der Waals surface area (Å²) >= 11 is 0.956. The summed E-state index contributed by atoms with van der Waals surface area (Å²) in [6.07, 6.45) is -1.04. The summed E-state index contributed by atoms with van der Waals surface area (Å²) in [5, 5.41) is 23.1. The Hall–Kier alpha value is -3.76. The number of nitrogens with zero attached hydrogens (tertiary/aromatic N) is 1. The predicted octanol–water partition coefficient (Wildman–Crippen LogP) is 3.07. The molecule has 2 aromatic carbocycles. The number of rotatable bonds is 8. The number of amides is 2. The van der Waals surface area contributed by atoms with Gasteiger partial charge in [-0.2, -0.15) is 0 Å². The first kappa shape index (κ1) is 22.4. The van der Waals surface area contributed by atoms with Crippen molar-refractivity contribution < 1.29 is 29.3 Å². The van der Waals surface area contributed by atoms with E-state index in [4.69, 9.17) is 9.84 Å². The Kier molecular flexibility index (Phi) is 6.66. The number of carboxylic acid groups (broad SMARTS) is 1. The van der Waals surface area contributed by atoms with Crippen molar-refractivity contribution in [1.29, 1.82) is 0 Å². The molecule has 1 aliphatic carbocycles. The van der Waals surface area contributed by atoms with Gasteiger partial charge in [-0.05, 0) is 22.3 Å². The molecule has 3 aromatic rings. The van der Waals surface area contributed by atoms with E-state index in [-0.39, 0.29) is 35.5 Å². The molecule has 0 fully saturated rings. The van der Waals surface area contributed by atoms with Crippen LogP contribution < -0.4 is 10.6 Å². The lowest BCUT2D eigenvalue weighted by Crippen LogP contribution is -2.29. The van der Waals surface area contributed by atoms with Crippen molar-refractivity contribution in [3.63, 3.8) is 0 Å². The van der Waals surface area contributed by atoms with Crippen LogP contribution in [0.2, 0.25) is 0 Å². The van der Waals surface area contributed by atoms with E-state index in [1.807, 2.05) is 36.4 Å². The van der Waals surface area contributed by atoms with Crippen LogP contribution >= 0.6 is 11.3 Å². The largest absolute Gasteiger partial charge is 0.479 e. The molecule has 4 rings (SSSR count). The topological polar surface area (TPSA) is 138 Å². The lowest BCUT2D eigenvalue weighted by atomic mass is 9.98. The van der Waals surface area contributed by atoms with Gasteiger partial charge in [0, 0.05) is 18.9 Å². The minimum Gasteiger partial charge on any atom is -0.479 e. The van der Waals surface area contributed by atoms with E-state index in [1.54, 1.807) is 0 Å². The molecule has 2 amide bonds. The summed E-state index contributed by atoms with van der Waals surface area (Å²) in [5.74, 6) is -1.90. The van der Waals surface area contributed by atoms with Gasteiger partial charge in [-0.3, -0.25) is 10.1 Å². The highest BCUT2D eigenvalue weighted by molar-refractivity contribution is 7.17. The van der Waals surface area contributed by atoms with Gasteiger partial charge in [0.15, 0.2) is 11.2 Å². The van der Waals surface area contributed by atoms with Crippen LogP contribution in [0.15, 0.2) is 54.7 Å². The molecule has 0 saturated carbocycles. The zero-order chi connectivity index (χ0) is 23.4. The second kappa shape index (κ2) is 9.80. The fraction of sp³-hybridized carbons (Fsp3) is 0.217. The first-order valence-electron chi connectivity index (χ1n) is 10.2. The van der Waals surface area contributed by atoms with Crippen molar-refractivity contribution in [1.82, 2.24) is 10.3 Å². The number of thiazole rings is 1. The van der Waals surface area contributed by atoms with Crippen LogP contribution in [0.1, 0.15) is 33.1 Å². The number of hydrogen-bond acceptors (Lipinski definition) is 7. The molecule has 9 nitrogen and oxygen atoms in total. The van der Waals surface area contributed by atoms with Crippen molar-refractivity contribution in [3.05, 3.63) is 70.7 Å². The van der Waals surface area contributed by atoms with Crippen LogP contribution in [0.3, 0.4) is 0 Å². The second-order valence-electron chi connectivity index (χ2n) is 7.38. The van der Waals surface area contributed by atoms with E-state index in [0.717, 1.165) is 33.6 Å². The van der Waals surface area contributed by atoms with Gasteiger partial charge in [0.05, 0.1) is 6.20 Å². The number of carboxylic acids is 1. The quantitative estimate of drug-likeness (QED) is 0.399. The summed E-state index contributed by atoms with van der Waals surface area (Å²) in [4.78, 5) is 39.3. The molecule has 0 unspecified atom stereocenters. The third-order valence-corrected chi connectivity index (χ3v) is 6.18. The van der Waals surface area contributed by atoms with Gasteiger partial charge < -0.3 is 20.3 Å². The number of carbonyl (C=O) groups is 3. The summed E-state index contributed by atoms with van der Waals surface area (Å²) < 4.78 is 5.46. The lowest BCUT2D eigenvalue weighted by molar-refractivity contribution is -0.146. The van der Waals surface area contributed by atoms with Gasteiger partial charge in [-0.25, -0.2) is 14.6 Å². The molecule has 0 radical (unpaired) electrons. The zero-order valence-electron chi connectivity index (χ0n) is 17.4. The fourth-order valence-corrected chi connectivity index (χ4v) is 4.41. The van der Waals surface area contributed by atoms with E-state index < -0.39 is 24.1 Å². The monoisotopic (exact) mass is 467 g/mol. The number of aromatic nitrogens is 1. The average Bonchev–Trinajstić information content (AvgIpc) is 3.40. The molecule has 1 atom stereocenters. The Bertz CT molecular complexity index is 1150. The molecule has 0 spiro atoms. The van der Waals surface area contributed by atoms with Crippen molar-refractivity contribution >= 4 is 34.4 Å². The highest BCUT2D eigenvalue weighted by atomic mass is 32.1. The van der Waals surface area contributed by atoms with Crippen LogP contribution in [0, 0.1) is 0 Å². The molecule has 0 bridgehead atoms. The summed E-state index contributed by atoms with van der Waals surface area (Å²) in [6, 6.07) is 16.1. The standard InChI is InChI=1S/C23H21N3O6S/c27-18(21(29)30)9-10-24-20(28)19-11-25-22(33-19)26-23(31)32-12-17-15-7-3-1-5-13(15)14-6-2-4-8-16(14)17/h1-8,11,17-18,27H,9-10,12H2,(H,24,28)(H,29,30)(H,25,26,31)/t18-/m0/s1. The Balaban J connectivity index is 1.31. The van der Waals surface area contributed by atoms with E-state index in [1.165, 1.54) is 6.20 Å². The molecule has 10 heteroatoms. The fourth-order valence-electron chi connectivity index (χ4n) is 3.69. The van der Waals surface area contributed by atoms with Gasteiger partial charge in [-0.1, -0.05) is 59.9 Å². The highest BCUT2D eigenvalue weighted by Crippen LogP contribution is 2.44. The van der Waals surface area contributed by atoms with Crippen molar-refractivity contribution in [2.24, 2.45) is 0 Å². The predicted molar refractivity (Wildman–Crippen MR) is 121 cm³/mol. The number of ether oxygens (including phenoxy) is 1. The van der Waals surface area contributed by atoms with Crippen LogP contribution in [-0.2, 0) is 9.53 Å². The molecule has 170 valence electrons. The average molecular weight is 468 g/mol. The van der Waals surface area contributed by atoms with Crippen molar-refractivity contribution in [2.45, 2.75) is 18.4 Å². The third-order valence-electron chi connectivity index (χ3n) is 5.27. The normalized spacial score (nSPS) is 13.0. The summed E-state index contributed by atoms with van der Waals surface area (Å²) in [7, 11) is 0. The molecule has 1 aliphatic rings. The molecule has 0 saturated heterocycles. The van der Waals surface area contributed by atoms with Crippen LogP contribution in [-0.4, -0.2) is 52.4 Å².